The molecule has 2 fully saturated rings. The number of nitrogens with zero attached hydrogens (tertiary/aromatic N) is 2. The summed E-state index contributed by atoms with van der Waals surface area (Å²) in [6.07, 6.45) is 5.53. The van der Waals surface area contributed by atoms with E-state index < -0.39 is 0 Å². The maximum Gasteiger partial charge on any atom is 0.321 e. The molecule has 31 heavy (non-hydrogen) atoms. The Kier molecular flexibility index (Phi) is 7.29. The first-order valence-electron chi connectivity index (χ1n) is 11.5. The van der Waals surface area contributed by atoms with E-state index in [0.29, 0.717) is 13.2 Å². The minimum atomic E-state index is -0.360. The molecule has 3 amide bonds. The van der Waals surface area contributed by atoms with E-state index in [2.05, 4.69) is 32.6 Å². The van der Waals surface area contributed by atoms with Crippen molar-refractivity contribution >= 4 is 11.9 Å². The molecule has 170 valence electrons. The van der Waals surface area contributed by atoms with Gasteiger partial charge in [-0.3, -0.25) is 19.9 Å². The molecule has 8 heteroatoms. The topological polar surface area (TPSA) is 83.1 Å². The lowest BCUT2D eigenvalue weighted by atomic mass is 9.96. The zero-order valence-corrected chi connectivity index (χ0v) is 18.4. The highest BCUT2D eigenvalue weighted by Gasteiger charge is 2.27. The fourth-order valence-electron chi connectivity index (χ4n) is 4.60. The number of hydrogen-bond acceptors (Lipinski definition) is 6. The second-order valence-electron chi connectivity index (χ2n) is 8.76. The zero-order valence-electron chi connectivity index (χ0n) is 18.4. The number of urea groups is 1. The molecule has 1 aliphatic carbocycles. The van der Waals surface area contributed by atoms with Crippen LogP contribution >= 0.6 is 0 Å². The first-order chi connectivity index (χ1) is 15.1. The van der Waals surface area contributed by atoms with Gasteiger partial charge >= 0.3 is 6.03 Å². The summed E-state index contributed by atoms with van der Waals surface area (Å²) in [7, 11) is 0. The third-order valence-corrected chi connectivity index (χ3v) is 6.52. The number of carbonyl (C=O) groups excluding carboxylic acids is 2. The average Bonchev–Trinajstić information content (AvgIpc) is 2.79. The van der Waals surface area contributed by atoms with E-state index in [0.717, 1.165) is 69.9 Å². The molecule has 2 heterocycles. The van der Waals surface area contributed by atoms with E-state index >= 15 is 0 Å². The van der Waals surface area contributed by atoms with Crippen LogP contribution in [0.4, 0.5) is 4.79 Å². The summed E-state index contributed by atoms with van der Waals surface area (Å²) in [5, 5.41) is 5.48. The zero-order chi connectivity index (χ0) is 21.6. The molecule has 1 atom stereocenters. The van der Waals surface area contributed by atoms with Crippen molar-refractivity contribution in [3.05, 3.63) is 23.8 Å². The standard InChI is InChI=1S/C23H34N4O4/c1-17(22(28)25-23(29)24-19-5-3-2-4-6-19)27-11-9-26(10-12-27)16-18-7-8-20-21(15-18)31-14-13-30-20/h7-8,15,17,19H,2-6,9-14,16H2,1H3,(H2,24,25,28,29). The van der Waals surface area contributed by atoms with E-state index in [1.54, 1.807) is 0 Å². The van der Waals surface area contributed by atoms with E-state index in [4.69, 9.17) is 9.47 Å². The predicted molar refractivity (Wildman–Crippen MR) is 117 cm³/mol. The Morgan fingerprint density at radius 1 is 1.03 bits per heavy atom. The van der Waals surface area contributed by atoms with Crippen molar-refractivity contribution in [2.75, 3.05) is 39.4 Å². The lowest BCUT2D eigenvalue weighted by Crippen LogP contribution is -2.55. The molecular formula is C23H34N4O4. The summed E-state index contributed by atoms with van der Waals surface area (Å²) in [5.74, 6) is 1.40. The molecule has 1 aromatic rings. The van der Waals surface area contributed by atoms with E-state index in [9.17, 15) is 9.59 Å². The lowest BCUT2D eigenvalue weighted by molar-refractivity contribution is -0.125. The van der Waals surface area contributed by atoms with Crippen LogP contribution in [0.5, 0.6) is 11.5 Å². The number of carbonyl (C=O) groups is 2. The van der Waals surface area contributed by atoms with Gasteiger partial charge in [0, 0.05) is 38.8 Å². The van der Waals surface area contributed by atoms with Crippen LogP contribution in [0.2, 0.25) is 0 Å². The van der Waals surface area contributed by atoms with Gasteiger partial charge in [-0.15, -0.1) is 0 Å². The summed E-state index contributed by atoms with van der Waals surface area (Å²) >= 11 is 0. The van der Waals surface area contributed by atoms with E-state index in [1.807, 2.05) is 13.0 Å². The molecule has 1 saturated heterocycles. The van der Waals surface area contributed by atoms with Crippen LogP contribution in [-0.2, 0) is 11.3 Å². The second kappa shape index (κ2) is 10.3. The molecule has 0 spiro atoms. The highest BCUT2D eigenvalue weighted by molar-refractivity contribution is 5.96. The highest BCUT2D eigenvalue weighted by atomic mass is 16.6. The Hall–Kier alpha value is -2.32. The molecule has 3 aliphatic rings. The average molecular weight is 431 g/mol. The van der Waals surface area contributed by atoms with Crippen molar-refractivity contribution in [3.63, 3.8) is 0 Å². The summed E-state index contributed by atoms with van der Waals surface area (Å²) in [6, 6.07) is 5.63. The summed E-state index contributed by atoms with van der Waals surface area (Å²) < 4.78 is 11.3. The maximum absolute atomic E-state index is 12.6. The Labute approximate surface area is 184 Å². The van der Waals surface area contributed by atoms with Gasteiger partial charge in [0.05, 0.1) is 6.04 Å². The van der Waals surface area contributed by atoms with Gasteiger partial charge in [-0.25, -0.2) is 4.79 Å². The fourth-order valence-corrected chi connectivity index (χ4v) is 4.60. The molecule has 4 rings (SSSR count). The molecule has 1 aromatic carbocycles. The molecule has 1 unspecified atom stereocenters. The Balaban J connectivity index is 1.20. The Bertz CT molecular complexity index is 773. The number of benzene rings is 1. The smallest absolute Gasteiger partial charge is 0.321 e. The van der Waals surface area contributed by atoms with Gasteiger partial charge in [-0.2, -0.15) is 0 Å². The minimum Gasteiger partial charge on any atom is -0.486 e. The maximum atomic E-state index is 12.6. The van der Waals surface area contributed by atoms with Crippen molar-refractivity contribution < 1.29 is 19.1 Å². The van der Waals surface area contributed by atoms with Crippen LogP contribution < -0.4 is 20.1 Å². The SMILES string of the molecule is CC(C(=O)NC(=O)NC1CCCCC1)N1CCN(Cc2ccc3c(c2)OCCO3)CC1. The molecule has 1 saturated carbocycles. The van der Waals surface area contributed by atoms with Crippen molar-refractivity contribution in [2.45, 2.75) is 57.7 Å². The first kappa shape index (κ1) is 21.9. The molecule has 2 N–H and O–H groups in total. The van der Waals surface area contributed by atoms with Crippen LogP contribution in [-0.4, -0.2) is 73.2 Å². The number of fused-ring (bicyclic) bond motifs is 1. The van der Waals surface area contributed by atoms with Gasteiger partial charge in [0.25, 0.3) is 0 Å². The lowest BCUT2D eigenvalue weighted by Gasteiger charge is -2.37. The number of imide groups is 1. The molecular weight excluding hydrogens is 396 g/mol. The number of nitrogens with one attached hydrogen (secondary N) is 2. The van der Waals surface area contributed by atoms with Gasteiger partial charge in [-0.05, 0) is 37.5 Å². The van der Waals surface area contributed by atoms with Crippen LogP contribution in [0.3, 0.4) is 0 Å². The Morgan fingerprint density at radius 3 is 2.48 bits per heavy atom. The van der Waals surface area contributed by atoms with Gasteiger partial charge in [0.15, 0.2) is 11.5 Å². The number of rotatable bonds is 5. The van der Waals surface area contributed by atoms with Gasteiger partial charge in [0.2, 0.25) is 5.91 Å². The number of piperazine rings is 1. The first-order valence-corrected chi connectivity index (χ1v) is 11.5. The van der Waals surface area contributed by atoms with Crippen molar-refractivity contribution in [1.82, 2.24) is 20.4 Å². The van der Waals surface area contributed by atoms with Crippen LogP contribution in [0.15, 0.2) is 18.2 Å². The summed E-state index contributed by atoms with van der Waals surface area (Å²) in [5.41, 5.74) is 1.20. The minimum absolute atomic E-state index is 0.195. The molecule has 0 aromatic heterocycles. The second-order valence-corrected chi connectivity index (χ2v) is 8.76. The van der Waals surface area contributed by atoms with Crippen LogP contribution in [0.25, 0.3) is 0 Å². The van der Waals surface area contributed by atoms with Crippen LogP contribution in [0.1, 0.15) is 44.6 Å². The molecule has 8 nitrogen and oxygen atoms in total. The molecule has 0 bridgehead atoms. The molecule has 0 radical (unpaired) electrons. The van der Waals surface area contributed by atoms with Gasteiger partial charge in [-0.1, -0.05) is 25.3 Å². The fraction of sp³-hybridized carbons (Fsp3) is 0.652. The normalized spacial score (nSPS) is 21.3. The van der Waals surface area contributed by atoms with Crippen molar-refractivity contribution in [1.29, 1.82) is 0 Å². The third-order valence-electron chi connectivity index (χ3n) is 6.52. The van der Waals surface area contributed by atoms with Crippen LogP contribution in [0, 0.1) is 0 Å². The largest absolute Gasteiger partial charge is 0.486 e. The van der Waals surface area contributed by atoms with Gasteiger partial charge in [0.1, 0.15) is 13.2 Å². The van der Waals surface area contributed by atoms with Crippen molar-refractivity contribution in [3.8, 4) is 11.5 Å². The highest BCUT2D eigenvalue weighted by Crippen LogP contribution is 2.31. The number of ether oxygens (including phenoxy) is 2. The number of hydrogen-bond donors (Lipinski definition) is 2. The van der Waals surface area contributed by atoms with Crippen molar-refractivity contribution in [2.24, 2.45) is 0 Å². The third kappa shape index (κ3) is 5.89. The quantitative estimate of drug-likeness (QED) is 0.745. The Morgan fingerprint density at radius 2 is 1.74 bits per heavy atom. The number of amides is 3. The summed E-state index contributed by atoms with van der Waals surface area (Å²) in [4.78, 5) is 29.2. The van der Waals surface area contributed by atoms with E-state index in [-0.39, 0.29) is 24.0 Å². The molecule has 2 aliphatic heterocycles. The van der Waals surface area contributed by atoms with E-state index in [1.165, 1.54) is 12.0 Å². The predicted octanol–water partition coefficient (Wildman–Crippen LogP) is 2.12. The van der Waals surface area contributed by atoms with Gasteiger partial charge < -0.3 is 14.8 Å². The summed E-state index contributed by atoms with van der Waals surface area (Å²) in [6.45, 7) is 7.25. The monoisotopic (exact) mass is 430 g/mol.